The third kappa shape index (κ3) is 5.08. The second kappa shape index (κ2) is 5.42. The van der Waals surface area contributed by atoms with Gasteiger partial charge in [-0.15, -0.1) is 11.6 Å². The molecule has 0 fully saturated rings. The summed E-state index contributed by atoms with van der Waals surface area (Å²) in [6.45, 7) is 6.29. The fourth-order valence-corrected chi connectivity index (χ4v) is 0.569. The first-order valence-electron chi connectivity index (χ1n) is 3.88. The van der Waals surface area contributed by atoms with Crippen LogP contribution in [0.3, 0.4) is 0 Å². The quantitative estimate of drug-likeness (QED) is 0.488. The van der Waals surface area contributed by atoms with Crippen molar-refractivity contribution in [1.29, 1.82) is 0 Å². The van der Waals surface area contributed by atoms with Crippen molar-refractivity contribution in [1.82, 2.24) is 0 Å². The molecule has 0 N–H and O–H groups in total. The Kier molecular flexibility index (Phi) is 5.30. The molecule has 0 bridgehead atoms. The van der Waals surface area contributed by atoms with Gasteiger partial charge in [0.15, 0.2) is 0 Å². The first kappa shape index (κ1) is 10.8. The molecule has 0 aliphatic carbocycles. The Morgan fingerprint density at radius 2 is 2.09 bits per heavy atom. The van der Waals surface area contributed by atoms with E-state index in [1.807, 2.05) is 20.8 Å². The highest BCUT2D eigenvalue weighted by Crippen LogP contribution is 2.04. The maximum absolute atomic E-state index is 10.9. The van der Waals surface area contributed by atoms with Gasteiger partial charge < -0.3 is 4.74 Å². The first-order chi connectivity index (χ1) is 5.07. The zero-order valence-corrected chi connectivity index (χ0v) is 8.02. The lowest BCUT2D eigenvalue weighted by Gasteiger charge is -2.09. The Balaban J connectivity index is 3.52. The average Bonchev–Trinajstić information content (AvgIpc) is 1.98. The van der Waals surface area contributed by atoms with Crippen molar-refractivity contribution in [2.75, 3.05) is 6.61 Å². The fourth-order valence-electron chi connectivity index (χ4n) is 0.506. The third-order valence-electron chi connectivity index (χ3n) is 1.17. The molecule has 0 rings (SSSR count). The lowest BCUT2D eigenvalue weighted by molar-refractivity contribution is -0.144. The summed E-state index contributed by atoms with van der Waals surface area (Å²) in [7, 11) is 0. The summed E-state index contributed by atoms with van der Waals surface area (Å²) in [6, 6.07) is 0. The van der Waals surface area contributed by atoms with Crippen molar-refractivity contribution in [3.8, 4) is 0 Å². The largest absolute Gasteiger partial charge is 0.464 e. The Labute approximate surface area is 72.9 Å². The van der Waals surface area contributed by atoms with E-state index in [4.69, 9.17) is 16.3 Å². The second-order valence-corrected chi connectivity index (χ2v) is 3.43. The van der Waals surface area contributed by atoms with Crippen molar-refractivity contribution in [2.45, 2.75) is 32.6 Å². The van der Waals surface area contributed by atoms with Crippen LogP contribution in [0.4, 0.5) is 0 Å². The highest BCUT2D eigenvalue weighted by atomic mass is 35.5. The Morgan fingerprint density at radius 3 is 2.45 bits per heavy atom. The Bertz CT molecular complexity index is 123. The van der Waals surface area contributed by atoms with E-state index in [2.05, 4.69) is 0 Å². The van der Waals surface area contributed by atoms with Crippen LogP contribution >= 0.6 is 11.6 Å². The van der Waals surface area contributed by atoms with Crippen molar-refractivity contribution in [2.24, 2.45) is 5.92 Å². The summed E-state index contributed by atoms with van der Waals surface area (Å²) in [5, 5.41) is -0.478. The van der Waals surface area contributed by atoms with Gasteiger partial charge in [-0.1, -0.05) is 20.8 Å². The number of esters is 1. The van der Waals surface area contributed by atoms with Crippen molar-refractivity contribution in [3.05, 3.63) is 0 Å². The predicted molar refractivity (Wildman–Crippen MR) is 45.7 cm³/mol. The molecule has 66 valence electrons. The molecule has 0 heterocycles. The Morgan fingerprint density at radius 1 is 1.55 bits per heavy atom. The number of carbonyl (C=O) groups is 1. The summed E-state index contributed by atoms with van der Waals surface area (Å²) in [5.41, 5.74) is 0. The van der Waals surface area contributed by atoms with Crippen LogP contribution in [0.5, 0.6) is 0 Å². The fraction of sp³-hybridized carbons (Fsp3) is 0.875. The molecule has 0 saturated carbocycles. The molecule has 0 aliphatic rings. The van der Waals surface area contributed by atoms with Crippen LogP contribution < -0.4 is 0 Å². The van der Waals surface area contributed by atoms with Gasteiger partial charge in [0.25, 0.3) is 0 Å². The van der Waals surface area contributed by atoms with Gasteiger partial charge in [0.1, 0.15) is 5.38 Å². The monoisotopic (exact) mass is 178 g/mol. The van der Waals surface area contributed by atoms with E-state index in [1.165, 1.54) is 0 Å². The topological polar surface area (TPSA) is 26.3 Å². The molecular formula is C8H15ClO2. The molecule has 0 amide bonds. The number of ether oxygens (including phenoxy) is 1. The van der Waals surface area contributed by atoms with Gasteiger partial charge in [0, 0.05) is 0 Å². The summed E-state index contributed by atoms with van der Waals surface area (Å²) >= 11 is 5.62. The minimum Gasteiger partial charge on any atom is -0.464 e. The highest BCUT2D eigenvalue weighted by molar-refractivity contribution is 6.29. The molecule has 0 radical (unpaired) electrons. The average molecular weight is 179 g/mol. The standard InChI is InChI=1S/C8H15ClO2/c1-4-7(9)8(10)11-5-6(2)3/h6-7H,4-5H2,1-3H3. The molecule has 0 spiro atoms. The summed E-state index contributed by atoms with van der Waals surface area (Å²) in [5.74, 6) is 0.0718. The lowest BCUT2D eigenvalue weighted by Crippen LogP contribution is -2.19. The number of hydrogen-bond donors (Lipinski definition) is 0. The van der Waals surface area contributed by atoms with E-state index in [9.17, 15) is 4.79 Å². The van der Waals surface area contributed by atoms with Crippen LogP contribution in [0.1, 0.15) is 27.2 Å². The number of hydrogen-bond acceptors (Lipinski definition) is 2. The van der Waals surface area contributed by atoms with E-state index in [0.717, 1.165) is 0 Å². The van der Waals surface area contributed by atoms with Gasteiger partial charge in [-0.05, 0) is 12.3 Å². The highest BCUT2D eigenvalue weighted by Gasteiger charge is 2.14. The zero-order valence-electron chi connectivity index (χ0n) is 7.26. The molecule has 1 atom stereocenters. The van der Waals surface area contributed by atoms with E-state index in [0.29, 0.717) is 18.9 Å². The van der Waals surface area contributed by atoms with Crippen LogP contribution in [0.25, 0.3) is 0 Å². The number of halogens is 1. The summed E-state index contributed by atoms with van der Waals surface area (Å²) < 4.78 is 4.89. The van der Waals surface area contributed by atoms with Gasteiger partial charge in [-0.25, -0.2) is 0 Å². The normalized spacial score (nSPS) is 13.2. The van der Waals surface area contributed by atoms with E-state index < -0.39 is 5.38 Å². The molecule has 0 aromatic heterocycles. The summed E-state index contributed by atoms with van der Waals surface area (Å²) in [4.78, 5) is 10.9. The number of alkyl halides is 1. The summed E-state index contributed by atoms with van der Waals surface area (Å²) in [6.07, 6.45) is 0.623. The lowest BCUT2D eigenvalue weighted by atomic mass is 10.2. The van der Waals surface area contributed by atoms with Crippen molar-refractivity contribution in [3.63, 3.8) is 0 Å². The SMILES string of the molecule is CCC(Cl)C(=O)OCC(C)C. The zero-order chi connectivity index (χ0) is 8.85. The van der Waals surface area contributed by atoms with Gasteiger partial charge in [0.05, 0.1) is 6.61 Å². The minimum absolute atomic E-state index is 0.303. The van der Waals surface area contributed by atoms with Crippen LogP contribution in [0.15, 0.2) is 0 Å². The molecule has 2 nitrogen and oxygen atoms in total. The molecule has 11 heavy (non-hydrogen) atoms. The molecule has 3 heteroatoms. The second-order valence-electron chi connectivity index (χ2n) is 2.90. The van der Waals surface area contributed by atoms with E-state index in [1.54, 1.807) is 0 Å². The van der Waals surface area contributed by atoms with Gasteiger partial charge in [0.2, 0.25) is 0 Å². The molecule has 1 unspecified atom stereocenters. The number of carbonyl (C=O) groups excluding carboxylic acids is 1. The van der Waals surface area contributed by atoms with Crippen LogP contribution in [-0.4, -0.2) is 18.0 Å². The molecule has 0 saturated heterocycles. The smallest absolute Gasteiger partial charge is 0.324 e. The van der Waals surface area contributed by atoms with Gasteiger partial charge >= 0.3 is 5.97 Å². The van der Waals surface area contributed by atoms with Crippen LogP contribution in [0, 0.1) is 5.92 Å². The molecule has 0 aliphatic heterocycles. The van der Waals surface area contributed by atoms with Crippen LogP contribution in [0.2, 0.25) is 0 Å². The molecule has 0 aromatic rings. The number of rotatable bonds is 4. The first-order valence-corrected chi connectivity index (χ1v) is 4.32. The maximum Gasteiger partial charge on any atom is 0.324 e. The van der Waals surface area contributed by atoms with Crippen molar-refractivity contribution < 1.29 is 9.53 Å². The third-order valence-corrected chi connectivity index (χ3v) is 1.66. The van der Waals surface area contributed by atoms with Gasteiger partial charge in [-0.2, -0.15) is 0 Å². The van der Waals surface area contributed by atoms with Gasteiger partial charge in [-0.3, -0.25) is 4.79 Å². The predicted octanol–water partition coefficient (Wildman–Crippen LogP) is 2.20. The van der Waals surface area contributed by atoms with E-state index in [-0.39, 0.29) is 5.97 Å². The molecular weight excluding hydrogens is 164 g/mol. The van der Waals surface area contributed by atoms with E-state index >= 15 is 0 Å². The van der Waals surface area contributed by atoms with Crippen LogP contribution in [-0.2, 0) is 9.53 Å². The van der Waals surface area contributed by atoms with Crippen molar-refractivity contribution >= 4 is 17.6 Å². The maximum atomic E-state index is 10.9. The Hall–Kier alpha value is -0.240. The minimum atomic E-state index is -0.478. The molecule has 0 aromatic carbocycles.